The van der Waals surface area contributed by atoms with Crippen LogP contribution in [-0.2, 0) is 21.0 Å². The van der Waals surface area contributed by atoms with Crippen molar-refractivity contribution in [2.24, 2.45) is 10.8 Å². The number of hydrogen-bond donors (Lipinski definition) is 0. The molecule has 43 heavy (non-hydrogen) atoms. The van der Waals surface area contributed by atoms with Crippen LogP contribution < -0.4 is 4.90 Å². The number of carbonyl (C=O) groups excluding carboxylic acids is 1. The SMILES string of the molecule is CC(C)(C)c1noc(C23CCC(CN(C(=O)CC45CC(F)(C4)C5)c4cccc(-c5noc(C6(C)CC6)n5)c4)(CC2)CC3)n1. The molecule has 1 amide bonds. The molecule has 4 bridgehead atoms. The Morgan fingerprint density at radius 1 is 0.907 bits per heavy atom. The van der Waals surface area contributed by atoms with E-state index in [0.717, 1.165) is 74.3 Å². The van der Waals surface area contributed by atoms with Gasteiger partial charge >= 0.3 is 0 Å². The van der Waals surface area contributed by atoms with E-state index < -0.39 is 5.67 Å². The largest absolute Gasteiger partial charge is 0.339 e. The average molecular weight is 588 g/mol. The van der Waals surface area contributed by atoms with Crippen LogP contribution in [0.2, 0.25) is 0 Å². The van der Waals surface area contributed by atoms with E-state index in [-0.39, 0.29) is 33.0 Å². The van der Waals surface area contributed by atoms with Gasteiger partial charge in [0, 0.05) is 40.5 Å². The first-order valence-corrected chi connectivity index (χ1v) is 16.1. The Morgan fingerprint density at radius 2 is 1.58 bits per heavy atom. The van der Waals surface area contributed by atoms with E-state index in [1.165, 1.54) is 0 Å². The zero-order chi connectivity index (χ0) is 29.9. The first-order valence-electron chi connectivity index (χ1n) is 16.1. The van der Waals surface area contributed by atoms with E-state index in [1.54, 1.807) is 0 Å². The van der Waals surface area contributed by atoms with Gasteiger partial charge in [0.15, 0.2) is 5.82 Å². The van der Waals surface area contributed by atoms with Crippen molar-refractivity contribution in [3.05, 3.63) is 41.9 Å². The van der Waals surface area contributed by atoms with E-state index in [0.29, 0.717) is 43.9 Å². The van der Waals surface area contributed by atoms with E-state index in [2.05, 4.69) is 38.0 Å². The molecule has 1 aromatic carbocycles. The molecule has 10 rings (SSSR count). The van der Waals surface area contributed by atoms with Crippen LogP contribution in [0, 0.1) is 10.8 Å². The molecule has 7 aliphatic rings. The number of carbonyl (C=O) groups is 1. The van der Waals surface area contributed by atoms with Gasteiger partial charge in [-0.3, -0.25) is 4.79 Å². The number of halogens is 1. The third kappa shape index (κ3) is 4.47. The lowest BCUT2D eigenvalue weighted by atomic mass is 9.41. The monoisotopic (exact) mass is 587 g/mol. The van der Waals surface area contributed by atoms with Gasteiger partial charge in [-0.25, -0.2) is 4.39 Å². The van der Waals surface area contributed by atoms with Gasteiger partial charge < -0.3 is 13.9 Å². The van der Waals surface area contributed by atoms with Gasteiger partial charge in [-0.1, -0.05) is 50.1 Å². The van der Waals surface area contributed by atoms with Crippen LogP contribution in [0.1, 0.15) is 122 Å². The van der Waals surface area contributed by atoms with Crippen molar-refractivity contribution in [3.63, 3.8) is 0 Å². The lowest BCUT2D eigenvalue weighted by molar-refractivity contribution is -0.215. The highest BCUT2D eigenvalue weighted by Gasteiger charge is 2.69. The highest BCUT2D eigenvalue weighted by Crippen LogP contribution is 2.71. The van der Waals surface area contributed by atoms with Gasteiger partial charge in [-0.15, -0.1) is 0 Å². The molecule has 0 aliphatic heterocycles. The van der Waals surface area contributed by atoms with E-state index in [4.69, 9.17) is 19.0 Å². The number of alkyl halides is 1. The van der Waals surface area contributed by atoms with Crippen molar-refractivity contribution < 1.29 is 18.2 Å². The number of amides is 1. The zero-order valence-corrected chi connectivity index (χ0v) is 25.8. The van der Waals surface area contributed by atoms with Crippen molar-refractivity contribution in [1.29, 1.82) is 0 Å². The maximum absolute atomic E-state index is 14.4. The molecule has 8 nitrogen and oxygen atoms in total. The standard InChI is InChI=1S/C34H42FN5O3/c1-29(2,3)26-37-28(43-39-26)33-13-10-31(11-14-33,12-15-33)21-40(24(41)17-32-18-34(35,19-32)20-32)23-7-5-6-22(16-23)25-36-27(42-38-25)30(4)8-9-30/h5-7,16H,8-15,17-21H2,1-4H3. The first kappa shape index (κ1) is 27.4. The summed E-state index contributed by atoms with van der Waals surface area (Å²) in [6.07, 6.45) is 10.1. The average Bonchev–Trinajstić information content (AvgIpc) is 3.35. The molecule has 0 N–H and O–H groups in total. The Bertz CT molecular complexity index is 1550. The summed E-state index contributed by atoms with van der Waals surface area (Å²) in [7, 11) is 0. The summed E-state index contributed by atoms with van der Waals surface area (Å²) >= 11 is 0. The van der Waals surface area contributed by atoms with Crippen LogP contribution in [-0.4, -0.2) is 38.4 Å². The van der Waals surface area contributed by atoms with E-state index >= 15 is 0 Å². The summed E-state index contributed by atoms with van der Waals surface area (Å²) < 4.78 is 25.9. The highest BCUT2D eigenvalue weighted by atomic mass is 19.1. The fourth-order valence-corrected chi connectivity index (χ4v) is 8.49. The maximum Gasteiger partial charge on any atom is 0.232 e. The van der Waals surface area contributed by atoms with Gasteiger partial charge in [-0.05, 0) is 93.6 Å². The molecule has 228 valence electrons. The maximum atomic E-state index is 14.4. The molecular weight excluding hydrogens is 545 g/mol. The second-order valence-electron chi connectivity index (χ2n) is 16.3. The van der Waals surface area contributed by atoms with E-state index in [1.807, 2.05) is 29.2 Å². The highest BCUT2D eigenvalue weighted by molar-refractivity contribution is 5.94. The normalized spacial score (nSPS) is 33.5. The molecule has 7 saturated carbocycles. The zero-order valence-electron chi connectivity index (χ0n) is 25.8. The third-order valence-electron chi connectivity index (χ3n) is 11.7. The molecule has 0 unspecified atom stereocenters. The summed E-state index contributed by atoms with van der Waals surface area (Å²) in [5.74, 6) is 2.90. The Morgan fingerprint density at radius 3 is 2.19 bits per heavy atom. The Kier molecular flexibility index (Phi) is 5.59. The predicted octanol–water partition coefficient (Wildman–Crippen LogP) is 7.38. The van der Waals surface area contributed by atoms with Crippen molar-refractivity contribution in [2.45, 2.75) is 127 Å². The van der Waals surface area contributed by atoms with E-state index in [9.17, 15) is 9.18 Å². The lowest BCUT2D eigenvalue weighted by Gasteiger charge is -2.66. The summed E-state index contributed by atoms with van der Waals surface area (Å²) in [6.45, 7) is 9.14. The minimum atomic E-state index is -1.02. The van der Waals surface area contributed by atoms with Crippen molar-refractivity contribution in [1.82, 2.24) is 20.3 Å². The molecule has 0 radical (unpaired) electrons. The van der Waals surface area contributed by atoms with Gasteiger partial charge in [-0.2, -0.15) is 9.97 Å². The molecule has 0 atom stereocenters. The summed E-state index contributed by atoms with van der Waals surface area (Å²) in [5, 5.41) is 8.61. The molecule has 7 aliphatic carbocycles. The molecular formula is C34H42FN5O3. The number of benzene rings is 1. The van der Waals surface area contributed by atoms with Crippen LogP contribution in [0.4, 0.5) is 10.1 Å². The quantitative estimate of drug-likeness (QED) is 0.271. The number of aromatic nitrogens is 4. The number of hydrogen-bond acceptors (Lipinski definition) is 7. The molecule has 2 aromatic heterocycles. The first-order chi connectivity index (χ1) is 20.3. The van der Waals surface area contributed by atoms with Crippen LogP contribution in [0.25, 0.3) is 11.4 Å². The van der Waals surface area contributed by atoms with Gasteiger partial charge in [0.05, 0.1) is 0 Å². The Labute approximate surface area is 252 Å². The molecule has 2 heterocycles. The second-order valence-corrected chi connectivity index (χ2v) is 16.3. The fourth-order valence-electron chi connectivity index (χ4n) is 8.49. The number of rotatable bonds is 8. The van der Waals surface area contributed by atoms with Gasteiger partial charge in [0.1, 0.15) is 5.67 Å². The summed E-state index contributed by atoms with van der Waals surface area (Å²) in [4.78, 5) is 25.7. The minimum Gasteiger partial charge on any atom is -0.339 e. The fraction of sp³-hybridized carbons (Fsp3) is 0.676. The Balaban J connectivity index is 1.05. The van der Waals surface area contributed by atoms with Crippen LogP contribution >= 0.6 is 0 Å². The van der Waals surface area contributed by atoms with Crippen LogP contribution in [0.5, 0.6) is 0 Å². The topological polar surface area (TPSA) is 98.2 Å². The van der Waals surface area contributed by atoms with Crippen molar-refractivity contribution >= 4 is 11.6 Å². The van der Waals surface area contributed by atoms with Gasteiger partial charge in [0.25, 0.3) is 0 Å². The summed E-state index contributed by atoms with van der Waals surface area (Å²) in [6, 6.07) is 8.00. The van der Waals surface area contributed by atoms with Crippen molar-refractivity contribution in [3.8, 4) is 11.4 Å². The second kappa shape index (κ2) is 8.75. The summed E-state index contributed by atoms with van der Waals surface area (Å²) in [5.41, 5.74) is 0.335. The third-order valence-corrected chi connectivity index (χ3v) is 11.7. The molecule has 7 fully saturated rings. The van der Waals surface area contributed by atoms with Crippen LogP contribution in [0.15, 0.2) is 33.3 Å². The number of nitrogens with zero attached hydrogens (tertiary/aromatic N) is 5. The smallest absolute Gasteiger partial charge is 0.232 e. The number of fused-ring (bicyclic) bond motifs is 3. The van der Waals surface area contributed by atoms with Gasteiger partial charge in [0.2, 0.25) is 23.5 Å². The van der Waals surface area contributed by atoms with Crippen molar-refractivity contribution in [2.75, 3.05) is 11.4 Å². The predicted molar refractivity (Wildman–Crippen MR) is 158 cm³/mol. The Hall–Kier alpha value is -3.10. The molecule has 0 spiro atoms. The lowest BCUT2D eigenvalue weighted by Crippen LogP contribution is -2.65. The minimum absolute atomic E-state index is 0.00670. The molecule has 9 heteroatoms. The molecule has 3 aromatic rings. The van der Waals surface area contributed by atoms with Crippen LogP contribution in [0.3, 0.4) is 0 Å². The molecule has 0 saturated heterocycles. The number of anilines is 1.